The van der Waals surface area contributed by atoms with E-state index >= 15 is 0 Å². The molecule has 5 aromatic rings. The number of carbonyl (C=O) groups excluding carboxylic acids is 1. The van der Waals surface area contributed by atoms with Crippen molar-refractivity contribution in [3.8, 4) is 22.8 Å². The number of fused-ring (bicyclic) bond motifs is 1. The van der Waals surface area contributed by atoms with Crippen LogP contribution in [0.3, 0.4) is 0 Å². The summed E-state index contributed by atoms with van der Waals surface area (Å²) in [5, 5.41) is 12.3. The largest absolute Gasteiger partial charge is 0.497 e. The summed E-state index contributed by atoms with van der Waals surface area (Å²) < 4.78 is 7.24. The molecule has 0 saturated heterocycles. The summed E-state index contributed by atoms with van der Waals surface area (Å²) in [7, 11) is 1.63. The van der Waals surface area contributed by atoms with E-state index in [4.69, 9.17) is 16.3 Å². The van der Waals surface area contributed by atoms with Crippen LogP contribution in [0.5, 0.6) is 5.75 Å². The van der Waals surface area contributed by atoms with Gasteiger partial charge in [0.05, 0.1) is 12.9 Å². The number of hydrogen-bond acceptors (Lipinski definition) is 5. The average Bonchev–Trinajstić information content (AvgIpc) is 3.31. The zero-order chi connectivity index (χ0) is 23.5. The molecule has 0 aliphatic rings. The number of ether oxygens (including phenoxy) is 1. The van der Waals surface area contributed by atoms with Gasteiger partial charge in [0.25, 0.3) is 0 Å². The Labute approximate surface area is 206 Å². The van der Waals surface area contributed by atoms with Crippen molar-refractivity contribution >= 4 is 39.9 Å². The van der Waals surface area contributed by atoms with E-state index in [1.165, 1.54) is 11.8 Å². The van der Waals surface area contributed by atoms with E-state index in [1.807, 2.05) is 95.6 Å². The number of ketones is 1. The smallest absolute Gasteiger partial charge is 0.196 e. The van der Waals surface area contributed by atoms with Crippen molar-refractivity contribution in [1.82, 2.24) is 14.8 Å². The number of halogens is 1. The third kappa shape index (κ3) is 4.55. The number of carbonyl (C=O) groups is 1. The maximum atomic E-state index is 13.0. The molecule has 0 N–H and O–H groups in total. The Bertz CT molecular complexity index is 1460. The zero-order valence-corrected chi connectivity index (χ0v) is 19.9. The van der Waals surface area contributed by atoms with Crippen LogP contribution in [0.25, 0.3) is 27.8 Å². The maximum Gasteiger partial charge on any atom is 0.196 e. The monoisotopic (exact) mass is 485 g/mol. The number of nitrogens with zero attached hydrogens (tertiary/aromatic N) is 3. The molecular formula is C27H20ClN3O2S. The second kappa shape index (κ2) is 9.71. The van der Waals surface area contributed by atoms with Gasteiger partial charge in [0.15, 0.2) is 16.8 Å². The highest BCUT2D eigenvalue weighted by Crippen LogP contribution is 2.30. The summed E-state index contributed by atoms with van der Waals surface area (Å²) >= 11 is 7.44. The Balaban J connectivity index is 1.46. The first-order valence-electron chi connectivity index (χ1n) is 10.6. The summed E-state index contributed by atoms with van der Waals surface area (Å²) in [4.78, 5) is 13.0. The zero-order valence-electron chi connectivity index (χ0n) is 18.3. The van der Waals surface area contributed by atoms with Crippen LogP contribution in [0, 0.1) is 0 Å². The molecule has 1 heterocycles. The van der Waals surface area contributed by atoms with Crippen LogP contribution < -0.4 is 4.74 Å². The molecule has 34 heavy (non-hydrogen) atoms. The van der Waals surface area contributed by atoms with Gasteiger partial charge in [0.1, 0.15) is 5.75 Å². The van der Waals surface area contributed by atoms with Crippen molar-refractivity contribution in [3.05, 3.63) is 102 Å². The fraction of sp³-hybridized carbons (Fsp3) is 0.0741. The minimum atomic E-state index is 0.0353. The average molecular weight is 486 g/mol. The fourth-order valence-corrected chi connectivity index (χ4v) is 4.66. The molecule has 0 saturated carbocycles. The van der Waals surface area contributed by atoms with Crippen LogP contribution in [-0.2, 0) is 0 Å². The van der Waals surface area contributed by atoms with Crippen LogP contribution in [0.2, 0.25) is 5.02 Å². The van der Waals surface area contributed by atoms with Crippen molar-refractivity contribution in [2.45, 2.75) is 5.16 Å². The fourth-order valence-electron chi connectivity index (χ4n) is 3.69. The van der Waals surface area contributed by atoms with Crippen LogP contribution in [0.1, 0.15) is 10.4 Å². The van der Waals surface area contributed by atoms with Gasteiger partial charge in [-0.3, -0.25) is 9.36 Å². The van der Waals surface area contributed by atoms with Gasteiger partial charge in [0, 0.05) is 21.8 Å². The molecule has 1 aromatic heterocycles. The van der Waals surface area contributed by atoms with E-state index in [0.717, 1.165) is 27.8 Å². The SMILES string of the molecule is COc1ccc(-n2c(SCC(=O)c3ccc4ccccc4c3)nnc2-c2ccc(Cl)cc2)cc1. The van der Waals surface area contributed by atoms with Crippen molar-refractivity contribution in [2.75, 3.05) is 12.9 Å². The predicted molar refractivity (Wildman–Crippen MR) is 137 cm³/mol. The number of rotatable bonds is 7. The molecule has 0 aliphatic carbocycles. The molecule has 0 spiro atoms. The normalized spacial score (nSPS) is 11.0. The molecule has 0 fully saturated rings. The summed E-state index contributed by atoms with van der Waals surface area (Å²) in [6.45, 7) is 0. The van der Waals surface area contributed by atoms with Gasteiger partial charge in [-0.05, 0) is 65.4 Å². The van der Waals surface area contributed by atoms with Crippen molar-refractivity contribution in [2.24, 2.45) is 0 Å². The molecule has 0 bridgehead atoms. The number of hydrogen-bond donors (Lipinski definition) is 0. The number of benzene rings is 4. The van der Waals surface area contributed by atoms with Crippen LogP contribution in [0.4, 0.5) is 0 Å². The molecule has 0 radical (unpaired) electrons. The molecule has 7 heteroatoms. The molecule has 0 atom stereocenters. The second-order valence-electron chi connectivity index (χ2n) is 7.62. The van der Waals surface area contributed by atoms with E-state index in [0.29, 0.717) is 21.6 Å². The Hall–Kier alpha value is -3.61. The molecule has 0 unspecified atom stereocenters. The highest BCUT2D eigenvalue weighted by molar-refractivity contribution is 7.99. The topological polar surface area (TPSA) is 57.0 Å². The molecular weight excluding hydrogens is 466 g/mol. The highest BCUT2D eigenvalue weighted by atomic mass is 35.5. The first-order valence-corrected chi connectivity index (χ1v) is 12.0. The van der Waals surface area contributed by atoms with Gasteiger partial charge >= 0.3 is 0 Å². The lowest BCUT2D eigenvalue weighted by atomic mass is 10.1. The molecule has 4 aromatic carbocycles. The van der Waals surface area contributed by atoms with Gasteiger partial charge in [-0.25, -0.2) is 0 Å². The number of Topliss-reactive ketones (excluding diaryl/α,β-unsaturated/α-hetero) is 1. The first-order chi connectivity index (χ1) is 16.6. The number of aromatic nitrogens is 3. The number of thioether (sulfide) groups is 1. The van der Waals surface area contributed by atoms with Crippen LogP contribution in [-0.4, -0.2) is 33.4 Å². The molecule has 0 amide bonds. The molecule has 5 rings (SSSR count). The summed E-state index contributed by atoms with van der Waals surface area (Å²) in [6, 6.07) is 28.9. The second-order valence-corrected chi connectivity index (χ2v) is 9.00. The van der Waals surface area contributed by atoms with Crippen LogP contribution >= 0.6 is 23.4 Å². The minimum Gasteiger partial charge on any atom is -0.497 e. The van der Waals surface area contributed by atoms with Gasteiger partial charge in [-0.2, -0.15) is 0 Å². The lowest BCUT2D eigenvalue weighted by Gasteiger charge is -2.11. The summed E-state index contributed by atoms with van der Waals surface area (Å²) in [5.41, 5.74) is 2.43. The lowest BCUT2D eigenvalue weighted by molar-refractivity contribution is 0.102. The summed E-state index contributed by atoms with van der Waals surface area (Å²) in [5.74, 6) is 1.70. The Kier molecular flexibility index (Phi) is 6.34. The molecule has 5 nitrogen and oxygen atoms in total. The van der Waals surface area contributed by atoms with E-state index in [1.54, 1.807) is 7.11 Å². The predicted octanol–water partition coefficient (Wildman–Crippen LogP) is 6.72. The number of methoxy groups -OCH3 is 1. The molecule has 168 valence electrons. The van der Waals surface area contributed by atoms with Crippen molar-refractivity contribution in [3.63, 3.8) is 0 Å². The Morgan fingerprint density at radius 2 is 1.65 bits per heavy atom. The Morgan fingerprint density at radius 1 is 0.912 bits per heavy atom. The van der Waals surface area contributed by atoms with E-state index in [2.05, 4.69) is 10.2 Å². The minimum absolute atomic E-state index is 0.0353. The highest BCUT2D eigenvalue weighted by Gasteiger charge is 2.18. The van der Waals surface area contributed by atoms with Gasteiger partial charge < -0.3 is 4.74 Å². The first kappa shape index (κ1) is 22.2. The third-order valence-corrected chi connectivity index (χ3v) is 6.65. The standard InChI is InChI=1S/C27H20ClN3O2S/c1-33-24-14-12-23(13-15-24)31-26(19-8-10-22(28)11-9-19)29-30-27(31)34-17-25(32)21-7-6-18-4-2-3-5-20(18)16-21/h2-16H,17H2,1H3. The quantitative estimate of drug-likeness (QED) is 0.189. The lowest BCUT2D eigenvalue weighted by Crippen LogP contribution is -2.05. The Morgan fingerprint density at radius 3 is 2.38 bits per heavy atom. The van der Waals surface area contributed by atoms with E-state index < -0.39 is 0 Å². The third-order valence-electron chi connectivity index (χ3n) is 5.47. The van der Waals surface area contributed by atoms with Crippen molar-refractivity contribution < 1.29 is 9.53 Å². The summed E-state index contributed by atoms with van der Waals surface area (Å²) in [6.07, 6.45) is 0. The van der Waals surface area contributed by atoms with Gasteiger partial charge in [0.2, 0.25) is 0 Å². The van der Waals surface area contributed by atoms with Crippen molar-refractivity contribution in [1.29, 1.82) is 0 Å². The van der Waals surface area contributed by atoms with E-state index in [-0.39, 0.29) is 11.5 Å². The maximum absolute atomic E-state index is 13.0. The van der Waals surface area contributed by atoms with Crippen LogP contribution in [0.15, 0.2) is 96.2 Å². The van der Waals surface area contributed by atoms with Gasteiger partial charge in [-0.15, -0.1) is 10.2 Å². The van der Waals surface area contributed by atoms with Gasteiger partial charge in [-0.1, -0.05) is 59.8 Å². The van der Waals surface area contributed by atoms with E-state index in [9.17, 15) is 4.79 Å². The molecule has 0 aliphatic heterocycles.